The fourth-order valence-corrected chi connectivity index (χ4v) is 1.36. The topological polar surface area (TPSA) is 58.9 Å². The maximum Gasteiger partial charge on any atom is 0.707 e. The number of halogens is 1. The minimum Gasteiger partial charge on any atom is -0.512 e. The monoisotopic (exact) mass is 248 g/mol. The lowest BCUT2D eigenvalue weighted by Crippen LogP contribution is -2.20. The minimum absolute atomic E-state index is 0.119. The van der Waals surface area contributed by atoms with Gasteiger partial charge in [0.2, 0.25) is 0 Å². The first-order valence-corrected chi connectivity index (χ1v) is 5.20. The Morgan fingerprint density at radius 2 is 1.50 bits per heavy atom. The summed E-state index contributed by atoms with van der Waals surface area (Å²) in [6, 6.07) is 12.1. The molecule has 0 amide bonds. The molecule has 4 nitrogen and oxygen atoms in total. The van der Waals surface area contributed by atoms with Crippen LogP contribution in [0, 0.1) is 5.82 Å². The van der Waals surface area contributed by atoms with Gasteiger partial charge in [-0.1, -0.05) is 12.1 Å². The van der Waals surface area contributed by atoms with E-state index in [0.717, 1.165) is 0 Å². The first kappa shape index (κ1) is 12.4. The molecule has 0 fully saturated rings. The Balaban J connectivity index is 2.09. The molecular weight excluding hydrogens is 238 g/mol. The summed E-state index contributed by atoms with van der Waals surface area (Å²) in [6.07, 6.45) is 0. The van der Waals surface area contributed by atoms with Gasteiger partial charge in [-0.2, -0.15) is 0 Å². The van der Waals surface area contributed by atoms with Crippen LogP contribution in [0.1, 0.15) is 0 Å². The SMILES string of the molecule is OB(O)Oc1ccc(Oc2ccccc2F)cc1. The molecule has 92 valence electrons. The molecule has 2 aromatic carbocycles. The van der Waals surface area contributed by atoms with Crippen molar-refractivity contribution in [2.24, 2.45) is 0 Å². The molecule has 0 aliphatic rings. The molecule has 0 saturated heterocycles. The highest BCUT2D eigenvalue weighted by molar-refractivity contribution is 6.33. The van der Waals surface area contributed by atoms with Crippen LogP contribution in [0.5, 0.6) is 17.2 Å². The summed E-state index contributed by atoms with van der Waals surface area (Å²) < 4.78 is 23.2. The minimum atomic E-state index is -1.87. The number of hydrogen-bond donors (Lipinski definition) is 2. The van der Waals surface area contributed by atoms with Gasteiger partial charge in [0.25, 0.3) is 0 Å². The van der Waals surface area contributed by atoms with E-state index in [-0.39, 0.29) is 11.5 Å². The molecule has 0 atom stereocenters. The van der Waals surface area contributed by atoms with Crippen LogP contribution < -0.4 is 9.39 Å². The molecule has 0 bridgehead atoms. The van der Waals surface area contributed by atoms with Crippen LogP contribution in [-0.2, 0) is 0 Å². The zero-order valence-electron chi connectivity index (χ0n) is 9.29. The fourth-order valence-electron chi connectivity index (χ4n) is 1.36. The lowest BCUT2D eigenvalue weighted by Gasteiger charge is -2.08. The maximum absolute atomic E-state index is 13.3. The van der Waals surface area contributed by atoms with Gasteiger partial charge < -0.3 is 19.4 Å². The van der Waals surface area contributed by atoms with Crippen molar-refractivity contribution in [3.63, 3.8) is 0 Å². The zero-order valence-corrected chi connectivity index (χ0v) is 9.29. The Hall–Kier alpha value is -2.05. The number of rotatable bonds is 4. The molecular formula is C12H10BFO4. The summed E-state index contributed by atoms with van der Waals surface area (Å²) in [5, 5.41) is 17.2. The predicted octanol–water partition coefficient (Wildman–Crippen LogP) is 1.97. The van der Waals surface area contributed by atoms with Crippen molar-refractivity contribution >= 4 is 7.32 Å². The van der Waals surface area contributed by atoms with Gasteiger partial charge in [-0.05, 0) is 36.4 Å². The van der Waals surface area contributed by atoms with Crippen LogP contribution in [0.2, 0.25) is 0 Å². The molecule has 6 heteroatoms. The van der Waals surface area contributed by atoms with Crippen molar-refractivity contribution < 1.29 is 23.8 Å². The van der Waals surface area contributed by atoms with Gasteiger partial charge in [0.1, 0.15) is 11.5 Å². The first-order valence-electron chi connectivity index (χ1n) is 5.20. The largest absolute Gasteiger partial charge is 0.707 e. The molecule has 0 unspecified atom stereocenters. The highest BCUT2D eigenvalue weighted by atomic mass is 19.1. The highest BCUT2D eigenvalue weighted by Gasteiger charge is 2.11. The Morgan fingerprint density at radius 1 is 0.889 bits per heavy atom. The number of ether oxygens (including phenoxy) is 1. The molecule has 0 radical (unpaired) electrons. The summed E-state index contributed by atoms with van der Waals surface area (Å²) in [5.41, 5.74) is 0. The van der Waals surface area contributed by atoms with Crippen molar-refractivity contribution in [3.05, 3.63) is 54.3 Å². The molecule has 2 rings (SSSR count). The number of hydrogen-bond acceptors (Lipinski definition) is 4. The summed E-state index contributed by atoms with van der Waals surface area (Å²) in [5.74, 6) is 0.350. The van der Waals surface area contributed by atoms with E-state index in [1.807, 2.05) is 0 Å². The third-order valence-electron chi connectivity index (χ3n) is 2.13. The average molecular weight is 248 g/mol. The second kappa shape index (κ2) is 5.53. The highest BCUT2D eigenvalue weighted by Crippen LogP contribution is 2.25. The van der Waals surface area contributed by atoms with E-state index in [1.54, 1.807) is 12.1 Å². The van der Waals surface area contributed by atoms with Crippen LogP contribution in [0.25, 0.3) is 0 Å². The van der Waals surface area contributed by atoms with Crippen molar-refractivity contribution in [1.29, 1.82) is 0 Å². The average Bonchev–Trinajstić information content (AvgIpc) is 2.34. The summed E-state index contributed by atoms with van der Waals surface area (Å²) in [6.45, 7) is 0. The Kier molecular flexibility index (Phi) is 3.81. The third kappa shape index (κ3) is 3.22. The van der Waals surface area contributed by atoms with E-state index >= 15 is 0 Å². The molecule has 18 heavy (non-hydrogen) atoms. The third-order valence-corrected chi connectivity index (χ3v) is 2.13. The van der Waals surface area contributed by atoms with Gasteiger partial charge in [-0.15, -0.1) is 0 Å². The van der Waals surface area contributed by atoms with Gasteiger partial charge in [0.05, 0.1) is 0 Å². The molecule has 0 heterocycles. The van der Waals surface area contributed by atoms with Crippen molar-refractivity contribution in [3.8, 4) is 17.2 Å². The Bertz CT molecular complexity index is 516. The molecule has 0 aliphatic heterocycles. The van der Waals surface area contributed by atoms with Crippen molar-refractivity contribution in [2.75, 3.05) is 0 Å². The fraction of sp³-hybridized carbons (Fsp3) is 0. The quantitative estimate of drug-likeness (QED) is 0.812. The second-order valence-corrected chi connectivity index (χ2v) is 3.45. The van der Waals surface area contributed by atoms with E-state index < -0.39 is 13.1 Å². The predicted molar refractivity (Wildman–Crippen MR) is 63.7 cm³/mol. The van der Waals surface area contributed by atoms with E-state index in [1.165, 1.54) is 36.4 Å². The molecule has 2 aromatic rings. The lowest BCUT2D eigenvalue weighted by molar-refractivity contribution is 0.288. The number of benzene rings is 2. The second-order valence-electron chi connectivity index (χ2n) is 3.45. The molecule has 0 aliphatic carbocycles. The Morgan fingerprint density at radius 3 is 2.11 bits per heavy atom. The summed E-state index contributed by atoms with van der Waals surface area (Å²) in [7, 11) is -1.87. The van der Waals surface area contributed by atoms with Gasteiger partial charge in [-0.3, -0.25) is 0 Å². The summed E-state index contributed by atoms with van der Waals surface area (Å²) in [4.78, 5) is 0. The lowest BCUT2D eigenvalue weighted by atomic mass is 10.2. The molecule has 0 aromatic heterocycles. The molecule has 0 saturated carbocycles. The van der Waals surface area contributed by atoms with Crippen LogP contribution in [0.15, 0.2) is 48.5 Å². The van der Waals surface area contributed by atoms with E-state index in [0.29, 0.717) is 5.75 Å². The van der Waals surface area contributed by atoms with Crippen molar-refractivity contribution in [1.82, 2.24) is 0 Å². The van der Waals surface area contributed by atoms with E-state index in [4.69, 9.17) is 14.8 Å². The van der Waals surface area contributed by atoms with Crippen LogP contribution in [0.3, 0.4) is 0 Å². The zero-order chi connectivity index (χ0) is 13.0. The summed E-state index contributed by atoms with van der Waals surface area (Å²) >= 11 is 0. The van der Waals surface area contributed by atoms with Gasteiger partial charge in [-0.25, -0.2) is 4.39 Å². The maximum atomic E-state index is 13.3. The van der Waals surface area contributed by atoms with Crippen LogP contribution in [0.4, 0.5) is 4.39 Å². The normalized spacial score (nSPS) is 9.94. The Labute approximate surface area is 103 Å². The van der Waals surface area contributed by atoms with Crippen LogP contribution >= 0.6 is 0 Å². The smallest absolute Gasteiger partial charge is 0.512 e. The van der Waals surface area contributed by atoms with Gasteiger partial charge >= 0.3 is 7.32 Å². The van der Waals surface area contributed by atoms with Gasteiger partial charge in [0, 0.05) is 0 Å². The standard InChI is InChI=1S/C12H10BFO4/c14-11-3-1-2-4-12(11)17-9-5-7-10(8-6-9)18-13(15)16/h1-8,15-16H. The molecule has 0 spiro atoms. The van der Waals surface area contributed by atoms with Crippen molar-refractivity contribution in [2.45, 2.75) is 0 Å². The van der Waals surface area contributed by atoms with Crippen LogP contribution in [-0.4, -0.2) is 17.4 Å². The van der Waals surface area contributed by atoms with Gasteiger partial charge in [0.15, 0.2) is 11.6 Å². The van der Waals surface area contributed by atoms with E-state index in [9.17, 15) is 4.39 Å². The first-order chi connectivity index (χ1) is 8.65. The van der Waals surface area contributed by atoms with E-state index in [2.05, 4.69) is 4.65 Å². The number of para-hydroxylation sites is 1. The molecule has 2 N–H and O–H groups in total.